The summed E-state index contributed by atoms with van der Waals surface area (Å²) >= 11 is 0.979. The Morgan fingerprint density at radius 3 is 2.62 bits per heavy atom. The first-order valence-electron chi connectivity index (χ1n) is 4.02. The molecule has 0 radical (unpaired) electrons. The lowest BCUT2D eigenvalue weighted by Gasteiger charge is -1.96. The molecule has 1 rings (SSSR count). The van der Waals surface area contributed by atoms with E-state index in [1.54, 1.807) is 0 Å². The van der Waals surface area contributed by atoms with E-state index in [0.717, 1.165) is 11.3 Å². The highest BCUT2D eigenvalue weighted by Gasteiger charge is 2.22. The van der Waals surface area contributed by atoms with Crippen molar-refractivity contribution in [3.05, 3.63) is 10.4 Å². The van der Waals surface area contributed by atoms with Gasteiger partial charge in [0.1, 0.15) is 26.8 Å². The van der Waals surface area contributed by atoms with Gasteiger partial charge >= 0.3 is 0 Å². The molecule has 1 aromatic rings. The fourth-order valence-electron chi connectivity index (χ4n) is 1.06. The minimum absolute atomic E-state index is 0.0171. The van der Waals surface area contributed by atoms with Gasteiger partial charge in [0.2, 0.25) is 0 Å². The van der Waals surface area contributed by atoms with Crippen molar-refractivity contribution in [2.24, 2.45) is 0 Å². The minimum atomic E-state index is -1.46. The highest BCUT2D eigenvalue weighted by Crippen LogP contribution is 2.36. The van der Waals surface area contributed by atoms with Gasteiger partial charge in [-0.2, -0.15) is 10.5 Å². The molecule has 1 atom stereocenters. The van der Waals surface area contributed by atoms with Crippen LogP contribution >= 0.6 is 11.3 Å². The van der Waals surface area contributed by atoms with Crippen LogP contribution in [0.1, 0.15) is 10.4 Å². The van der Waals surface area contributed by atoms with Crippen molar-refractivity contribution in [1.29, 1.82) is 10.5 Å². The summed E-state index contributed by atoms with van der Waals surface area (Å²) in [6.07, 6.45) is 5.05. The van der Waals surface area contributed by atoms with Gasteiger partial charge in [-0.3, -0.25) is 4.21 Å². The lowest BCUT2D eigenvalue weighted by Crippen LogP contribution is -1.95. The molecule has 0 aliphatic carbocycles. The van der Waals surface area contributed by atoms with Crippen LogP contribution in [0.15, 0.2) is 4.21 Å². The van der Waals surface area contributed by atoms with Gasteiger partial charge in [0, 0.05) is 0 Å². The summed E-state index contributed by atoms with van der Waals surface area (Å²) in [5, 5.41) is 17.8. The first kappa shape index (κ1) is 12.3. The molecule has 0 aliphatic rings. The van der Waals surface area contributed by atoms with Gasteiger partial charge in [-0.1, -0.05) is 5.92 Å². The number of nitrogens with zero attached hydrogens (tertiary/aromatic N) is 2. The van der Waals surface area contributed by atoms with E-state index in [4.69, 9.17) is 21.7 Å². The maximum Gasteiger partial charge on any atom is 0.166 e. The van der Waals surface area contributed by atoms with E-state index in [-0.39, 0.29) is 21.9 Å². The molecule has 0 fully saturated rings. The second-order valence-corrected chi connectivity index (χ2v) is 5.21. The molecule has 1 heterocycles. The third kappa shape index (κ3) is 2.06. The van der Waals surface area contributed by atoms with Crippen molar-refractivity contribution in [3.8, 4) is 30.2 Å². The van der Waals surface area contributed by atoms with E-state index >= 15 is 0 Å². The Morgan fingerprint density at radius 2 is 2.19 bits per heavy atom. The van der Waals surface area contributed by atoms with Gasteiger partial charge in [-0.05, 0) is 0 Å². The average molecular weight is 250 g/mol. The van der Waals surface area contributed by atoms with Crippen LogP contribution in [0.25, 0.3) is 0 Å². The third-order valence-electron chi connectivity index (χ3n) is 1.67. The van der Waals surface area contributed by atoms with Crippen LogP contribution in [0, 0.1) is 35.0 Å². The van der Waals surface area contributed by atoms with Crippen molar-refractivity contribution >= 4 is 22.1 Å². The number of terminal acetylenes is 1. The van der Waals surface area contributed by atoms with Gasteiger partial charge < -0.3 is 4.74 Å². The monoisotopic (exact) mass is 250 g/mol. The summed E-state index contributed by atoms with van der Waals surface area (Å²) in [5.41, 5.74) is 0.137. The molecule has 4 nitrogen and oxygen atoms in total. The second kappa shape index (κ2) is 5.32. The summed E-state index contributed by atoms with van der Waals surface area (Å²) in [4.78, 5) is 0.236. The molecule has 0 aromatic carbocycles. The molecule has 0 N–H and O–H groups in total. The van der Waals surface area contributed by atoms with Crippen LogP contribution in [0.4, 0.5) is 0 Å². The number of methoxy groups -OCH3 is 1. The Kier molecular flexibility index (Phi) is 4.08. The largest absolute Gasteiger partial charge is 0.493 e. The number of thiophene rings is 1. The number of rotatable bonds is 3. The zero-order valence-corrected chi connectivity index (χ0v) is 9.94. The van der Waals surface area contributed by atoms with Gasteiger partial charge in [-0.15, -0.1) is 17.8 Å². The Hall–Kier alpha value is -1.81. The standard InChI is InChI=1S/C10H6N2O2S2/c1-3-4-16(13)10-7(5-11)9(14-2)8(6-12)15-10/h1H,4H2,2H3. The van der Waals surface area contributed by atoms with Crippen LogP contribution in [-0.4, -0.2) is 17.1 Å². The van der Waals surface area contributed by atoms with Crippen LogP contribution in [0.5, 0.6) is 5.75 Å². The van der Waals surface area contributed by atoms with E-state index in [9.17, 15) is 4.21 Å². The minimum Gasteiger partial charge on any atom is -0.493 e. The van der Waals surface area contributed by atoms with Crippen molar-refractivity contribution in [2.45, 2.75) is 4.21 Å². The quantitative estimate of drug-likeness (QED) is 0.756. The van der Waals surface area contributed by atoms with E-state index in [1.165, 1.54) is 7.11 Å². The molecular weight excluding hydrogens is 244 g/mol. The van der Waals surface area contributed by atoms with E-state index < -0.39 is 10.8 Å². The van der Waals surface area contributed by atoms with Gasteiger partial charge in [-0.25, -0.2) is 0 Å². The zero-order valence-electron chi connectivity index (χ0n) is 8.31. The molecule has 6 heteroatoms. The lowest BCUT2D eigenvalue weighted by molar-refractivity contribution is 0.413. The molecule has 16 heavy (non-hydrogen) atoms. The molecule has 0 saturated heterocycles. The molecule has 80 valence electrons. The fraction of sp³-hybridized carbons (Fsp3) is 0.200. The Morgan fingerprint density at radius 1 is 1.50 bits per heavy atom. The maximum atomic E-state index is 11.7. The van der Waals surface area contributed by atoms with E-state index in [1.807, 2.05) is 12.1 Å². The molecular formula is C10H6N2O2S2. The summed E-state index contributed by atoms with van der Waals surface area (Å²) < 4.78 is 16.9. The van der Waals surface area contributed by atoms with Crippen molar-refractivity contribution in [1.82, 2.24) is 0 Å². The number of nitriles is 2. The highest BCUT2D eigenvalue weighted by molar-refractivity contribution is 7.87. The Bertz CT molecular complexity index is 555. The predicted octanol–water partition coefficient (Wildman–Crippen LogP) is 1.24. The molecule has 1 aromatic heterocycles. The normalized spacial score (nSPS) is 10.9. The van der Waals surface area contributed by atoms with Crippen molar-refractivity contribution in [2.75, 3.05) is 12.9 Å². The Balaban J connectivity index is 3.39. The maximum absolute atomic E-state index is 11.7. The van der Waals surface area contributed by atoms with Crippen molar-refractivity contribution in [3.63, 3.8) is 0 Å². The number of hydrogen-bond donors (Lipinski definition) is 0. The van der Waals surface area contributed by atoms with Gasteiger partial charge in [0.05, 0.1) is 23.7 Å². The number of ether oxygens (including phenoxy) is 1. The molecule has 0 aliphatic heterocycles. The summed E-state index contributed by atoms with van der Waals surface area (Å²) in [6, 6.07) is 3.78. The van der Waals surface area contributed by atoms with Crippen LogP contribution in [-0.2, 0) is 10.8 Å². The van der Waals surface area contributed by atoms with Crippen LogP contribution in [0.3, 0.4) is 0 Å². The third-order valence-corrected chi connectivity index (χ3v) is 4.40. The predicted molar refractivity (Wildman–Crippen MR) is 60.4 cm³/mol. The number of hydrogen-bond acceptors (Lipinski definition) is 5. The first-order valence-corrected chi connectivity index (χ1v) is 6.15. The van der Waals surface area contributed by atoms with Crippen LogP contribution in [0.2, 0.25) is 0 Å². The zero-order chi connectivity index (χ0) is 12.1. The summed E-state index contributed by atoms with van der Waals surface area (Å²) in [6.45, 7) is 0. The summed E-state index contributed by atoms with van der Waals surface area (Å²) in [7, 11) is -0.1000. The summed E-state index contributed by atoms with van der Waals surface area (Å²) in [5.74, 6) is 2.45. The molecule has 0 saturated carbocycles. The fourth-order valence-corrected chi connectivity index (χ4v) is 3.26. The second-order valence-electron chi connectivity index (χ2n) is 2.54. The molecule has 1 unspecified atom stereocenters. The lowest BCUT2D eigenvalue weighted by atomic mass is 10.3. The molecule has 0 bridgehead atoms. The molecule has 0 amide bonds. The van der Waals surface area contributed by atoms with Crippen LogP contribution < -0.4 is 4.74 Å². The Labute approximate surface area is 99.5 Å². The first-order chi connectivity index (χ1) is 7.69. The smallest absolute Gasteiger partial charge is 0.166 e. The SMILES string of the molecule is C#CCS(=O)c1sc(C#N)c(OC)c1C#N. The molecule has 0 spiro atoms. The van der Waals surface area contributed by atoms with E-state index in [2.05, 4.69) is 5.92 Å². The van der Waals surface area contributed by atoms with Gasteiger partial charge in [0.15, 0.2) is 5.75 Å². The topological polar surface area (TPSA) is 73.9 Å². The van der Waals surface area contributed by atoms with E-state index in [0.29, 0.717) is 4.21 Å². The van der Waals surface area contributed by atoms with Gasteiger partial charge in [0.25, 0.3) is 0 Å². The average Bonchev–Trinajstić information content (AvgIpc) is 2.66. The highest BCUT2D eigenvalue weighted by atomic mass is 32.2. The van der Waals surface area contributed by atoms with Crippen molar-refractivity contribution < 1.29 is 8.95 Å².